The second-order valence-electron chi connectivity index (χ2n) is 4.74. The predicted octanol–water partition coefficient (Wildman–Crippen LogP) is 3.05. The third-order valence-corrected chi connectivity index (χ3v) is 2.58. The van der Waals surface area contributed by atoms with Crippen LogP contribution in [0.25, 0.3) is 0 Å². The van der Waals surface area contributed by atoms with Crippen molar-refractivity contribution >= 4 is 11.6 Å². The van der Waals surface area contributed by atoms with Gasteiger partial charge in [0, 0.05) is 17.6 Å². The molecule has 0 atom stereocenters. The number of hydrogen-bond acceptors (Lipinski definition) is 3. The smallest absolute Gasteiger partial charge is 0.230 e. The van der Waals surface area contributed by atoms with E-state index in [2.05, 4.69) is 10.3 Å². The zero-order chi connectivity index (χ0) is 14.4. The van der Waals surface area contributed by atoms with Gasteiger partial charge in [0.2, 0.25) is 5.91 Å². The molecule has 0 spiro atoms. The summed E-state index contributed by atoms with van der Waals surface area (Å²) in [5.74, 6) is 0.712. The molecule has 4 nitrogen and oxygen atoms in total. The maximum Gasteiger partial charge on any atom is 0.230 e. The fraction of sp³-hybridized carbons (Fsp3) is 0.250. The molecule has 0 saturated heterocycles. The van der Waals surface area contributed by atoms with Crippen molar-refractivity contribution in [2.75, 3.05) is 5.32 Å². The lowest BCUT2D eigenvalue weighted by molar-refractivity contribution is -0.115. The number of amides is 1. The van der Waals surface area contributed by atoms with Gasteiger partial charge in [-0.1, -0.05) is 6.07 Å². The Morgan fingerprint density at radius 3 is 2.55 bits per heavy atom. The number of carbonyl (C=O) groups excluding carboxylic acids is 1. The Balaban J connectivity index is 1.91. The molecule has 0 aliphatic heterocycles. The van der Waals surface area contributed by atoms with Crippen molar-refractivity contribution in [1.82, 2.24) is 4.98 Å². The van der Waals surface area contributed by atoms with Gasteiger partial charge in [-0.15, -0.1) is 0 Å². The molecule has 0 bridgehead atoms. The summed E-state index contributed by atoms with van der Waals surface area (Å²) >= 11 is 0. The van der Waals surface area contributed by atoms with E-state index in [-0.39, 0.29) is 18.4 Å². The van der Waals surface area contributed by atoms with E-state index in [9.17, 15) is 4.79 Å². The number of rotatable bonds is 5. The van der Waals surface area contributed by atoms with E-state index in [4.69, 9.17) is 4.74 Å². The molecule has 0 aliphatic rings. The topological polar surface area (TPSA) is 51.2 Å². The number of pyridine rings is 1. The van der Waals surface area contributed by atoms with E-state index in [1.807, 2.05) is 56.3 Å². The van der Waals surface area contributed by atoms with Gasteiger partial charge in [0.15, 0.2) is 0 Å². The van der Waals surface area contributed by atoms with E-state index in [0.717, 1.165) is 17.1 Å². The molecule has 1 amide bonds. The first-order valence-electron chi connectivity index (χ1n) is 6.60. The van der Waals surface area contributed by atoms with Gasteiger partial charge in [-0.25, -0.2) is 0 Å². The molecule has 20 heavy (non-hydrogen) atoms. The number of benzene rings is 1. The zero-order valence-corrected chi connectivity index (χ0v) is 11.7. The summed E-state index contributed by atoms with van der Waals surface area (Å²) in [5.41, 5.74) is 1.51. The van der Waals surface area contributed by atoms with Gasteiger partial charge < -0.3 is 10.1 Å². The number of carbonyl (C=O) groups is 1. The standard InChI is InChI=1S/C16H18N2O2/c1-12(2)20-15-8-6-13(7-9-15)18-16(19)11-14-5-3-4-10-17-14/h3-10,12H,11H2,1-2H3,(H,18,19). The molecule has 0 fully saturated rings. The maximum atomic E-state index is 11.9. The van der Waals surface area contributed by atoms with Crippen LogP contribution >= 0.6 is 0 Å². The molecule has 0 aliphatic carbocycles. The Bertz CT molecular complexity index is 550. The molecule has 1 aromatic heterocycles. The van der Waals surface area contributed by atoms with Crippen molar-refractivity contribution in [3.05, 3.63) is 54.4 Å². The summed E-state index contributed by atoms with van der Waals surface area (Å²) in [6.45, 7) is 3.95. The summed E-state index contributed by atoms with van der Waals surface area (Å²) < 4.78 is 5.55. The van der Waals surface area contributed by atoms with Crippen molar-refractivity contribution in [3.8, 4) is 5.75 Å². The van der Waals surface area contributed by atoms with Crippen LogP contribution in [0.3, 0.4) is 0 Å². The Hall–Kier alpha value is -2.36. The number of ether oxygens (including phenoxy) is 1. The molecule has 104 valence electrons. The minimum absolute atomic E-state index is 0.0822. The summed E-state index contributed by atoms with van der Waals surface area (Å²) in [6, 6.07) is 12.9. The fourth-order valence-electron chi connectivity index (χ4n) is 1.76. The lowest BCUT2D eigenvalue weighted by atomic mass is 10.2. The molecule has 4 heteroatoms. The first kappa shape index (κ1) is 14.1. The van der Waals surface area contributed by atoms with Gasteiger partial charge in [-0.05, 0) is 50.2 Å². The quantitative estimate of drug-likeness (QED) is 0.908. The van der Waals surface area contributed by atoms with Crippen molar-refractivity contribution < 1.29 is 9.53 Å². The minimum atomic E-state index is -0.0822. The number of nitrogens with one attached hydrogen (secondary N) is 1. The highest BCUT2D eigenvalue weighted by molar-refractivity contribution is 5.92. The van der Waals surface area contributed by atoms with E-state index in [1.54, 1.807) is 6.20 Å². The average molecular weight is 270 g/mol. The Labute approximate surface area is 118 Å². The molecule has 1 heterocycles. The molecule has 0 saturated carbocycles. The van der Waals surface area contributed by atoms with Gasteiger partial charge in [0.05, 0.1) is 12.5 Å². The monoisotopic (exact) mass is 270 g/mol. The second kappa shape index (κ2) is 6.70. The van der Waals surface area contributed by atoms with Crippen LogP contribution in [-0.2, 0) is 11.2 Å². The zero-order valence-electron chi connectivity index (χ0n) is 11.7. The van der Waals surface area contributed by atoms with Crippen molar-refractivity contribution in [2.24, 2.45) is 0 Å². The van der Waals surface area contributed by atoms with Gasteiger partial charge in [0.25, 0.3) is 0 Å². The SMILES string of the molecule is CC(C)Oc1ccc(NC(=O)Cc2ccccn2)cc1. The third kappa shape index (κ3) is 4.39. The van der Waals surface area contributed by atoms with Crippen LogP contribution in [-0.4, -0.2) is 17.0 Å². The van der Waals surface area contributed by atoms with Crippen LogP contribution in [0.4, 0.5) is 5.69 Å². The van der Waals surface area contributed by atoms with Crippen LogP contribution in [0.2, 0.25) is 0 Å². The third-order valence-electron chi connectivity index (χ3n) is 2.58. The number of hydrogen-bond donors (Lipinski definition) is 1. The van der Waals surface area contributed by atoms with Crippen LogP contribution in [0.5, 0.6) is 5.75 Å². The molecule has 2 rings (SSSR count). The minimum Gasteiger partial charge on any atom is -0.491 e. The largest absolute Gasteiger partial charge is 0.491 e. The van der Waals surface area contributed by atoms with Gasteiger partial charge in [-0.3, -0.25) is 9.78 Å². The lowest BCUT2D eigenvalue weighted by Gasteiger charge is -2.10. The maximum absolute atomic E-state index is 11.9. The summed E-state index contributed by atoms with van der Waals surface area (Å²) in [6.07, 6.45) is 2.09. The highest BCUT2D eigenvalue weighted by Gasteiger charge is 2.05. The fourth-order valence-corrected chi connectivity index (χ4v) is 1.76. The predicted molar refractivity (Wildman–Crippen MR) is 78.8 cm³/mol. The first-order chi connectivity index (χ1) is 9.63. The lowest BCUT2D eigenvalue weighted by Crippen LogP contribution is -2.15. The normalized spacial score (nSPS) is 10.3. The molecule has 0 unspecified atom stereocenters. The summed E-state index contributed by atoms with van der Waals surface area (Å²) in [5, 5.41) is 2.84. The molecule has 0 radical (unpaired) electrons. The van der Waals surface area contributed by atoms with Crippen LogP contribution < -0.4 is 10.1 Å². The Kier molecular flexibility index (Phi) is 4.71. The number of nitrogens with zero attached hydrogens (tertiary/aromatic N) is 1. The number of aromatic nitrogens is 1. The van der Waals surface area contributed by atoms with E-state index < -0.39 is 0 Å². The van der Waals surface area contributed by atoms with Crippen LogP contribution in [0, 0.1) is 0 Å². The Morgan fingerprint density at radius 1 is 1.20 bits per heavy atom. The molecule has 2 aromatic rings. The highest BCUT2D eigenvalue weighted by atomic mass is 16.5. The van der Waals surface area contributed by atoms with Gasteiger partial charge >= 0.3 is 0 Å². The summed E-state index contributed by atoms with van der Waals surface area (Å²) in [7, 11) is 0. The average Bonchev–Trinajstić information content (AvgIpc) is 2.41. The molecular formula is C16H18N2O2. The van der Waals surface area contributed by atoms with Crippen LogP contribution in [0.15, 0.2) is 48.7 Å². The number of anilines is 1. The van der Waals surface area contributed by atoms with E-state index in [1.165, 1.54) is 0 Å². The molecule has 1 aromatic carbocycles. The van der Waals surface area contributed by atoms with E-state index in [0.29, 0.717) is 0 Å². The van der Waals surface area contributed by atoms with Crippen LogP contribution in [0.1, 0.15) is 19.5 Å². The highest BCUT2D eigenvalue weighted by Crippen LogP contribution is 2.17. The first-order valence-corrected chi connectivity index (χ1v) is 6.60. The second-order valence-corrected chi connectivity index (χ2v) is 4.74. The Morgan fingerprint density at radius 2 is 1.95 bits per heavy atom. The molecular weight excluding hydrogens is 252 g/mol. The van der Waals surface area contributed by atoms with E-state index >= 15 is 0 Å². The van der Waals surface area contributed by atoms with Crippen molar-refractivity contribution in [2.45, 2.75) is 26.4 Å². The van der Waals surface area contributed by atoms with Crippen molar-refractivity contribution in [3.63, 3.8) is 0 Å². The van der Waals surface area contributed by atoms with Crippen molar-refractivity contribution in [1.29, 1.82) is 0 Å². The van der Waals surface area contributed by atoms with Gasteiger partial charge in [0.1, 0.15) is 5.75 Å². The summed E-state index contributed by atoms with van der Waals surface area (Å²) in [4.78, 5) is 16.0. The molecule has 1 N–H and O–H groups in total. The van der Waals surface area contributed by atoms with Gasteiger partial charge in [-0.2, -0.15) is 0 Å².